The molecule has 7 heterocycles. The third-order valence-corrected chi connectivity index (χ3v) is 14.6. The normalized spacial score (nSPS) is 10.6. The van der Waals surface area contributed by atoms with Crippen molar-refractivity contribution in [2.75, 3.05) is 0 Å². The zero-order valence-electron chi connectivity index (χ0n) is 47.9. The van der Waals surface area contributed by atoms with Gasteiger partial charge in [-0.05, 0) is 139 Å². The average molecular weight is 1230 g/mol. The summed E-state index contributed by atoms with van der Waals surface area (Å²) in [5.41, 5.74) is 7.18. The highest BCUT2D eigenvalue weighted by molar-refractivity contribution is 7.86. The molecule has 0 amide bonds. The Hall–Kier alpha value is -11.0. The number of H-pyrrole nitrogens is 1. The molecule has 0 radical (unpaired) electrons. The van der Waals surface area contributed by atoms with E-state index in [1.165, 1.54) is 42.7 Å². The molecule has 0 spiro atoms. The zero-order valence-corrected chi connectivity index (χ0v) is 49.5. The average Bonchev–Trinajstić information content (AvgIpc) is 1.92. The molecule has 89 heavy (non-hydrogen) atoms. The maximum Gasteiger partial charge on any atom is 0.337 e. The number of aromatic amines is 1. The third-order valence-electron chi connectivity index (χ3n) is 13.4. The fourth-order valence-electron chi connectivity index (χ4n) is 9.12. The summed E-state index contributed by atoms with van der Waals surface area (Å²) < 4.78 is 43.9. The van der Waals surface area contributed by atoms with Crippen LogP contribution >= 0.6 is 11.6 Å². The van der Waals surface area contributed by atoms with Gasteiger partial charge in [0.15, 0.2) is 0 Å². The Kier molecular flexibility index (Phi) is 21.5. The van der Waals surface area contributed by atoms with Gasteiger partial charge in [-0.3, -0.25) is 39.3 Å². The minimum absolute atomic E-state index is 0.00648. The molecule has 0 saturated carbocycles. The van der Waals surface area contributed by atoms with Crippen LogP contribution in [0.5, 0.6) is 23.0 Å². The number of carbonyl (C=O) groups is 1. The number of phenolic OH excluding ortho intramolecular Hbond substituents is 4. The Morgan fingerprint density at radius 2 is 1.00 bits per heavy atom. The van der Waals surface area contributed by atoms with E-state index in [1.54, 1.807) is 91.5 Å². The highest BCUT2D eigenvalue weighted by atomic mass is 35.5. The number of pyridine rings is 7. The van der Waals surface area contributed by atoms with Crippen molar-refractivity contribution in [3.05, 3.63) is 269 Å². The predicted molar refractivity (Wildman–Crippen MR) is 347 cm³/mol. The Labute approximate surface area is 514 Å². The molecule has 7 aromatic heterocycles. The van der Waals surface area contributed by atoms with E-state index in [1.807, 2.05) is 105 Å². The van der Waals surface area contributed by atoms with Crippen LogP contribution in [-0.2, 0) is 16.5 Å². The topological polar surface area (TPSA) is 283 Å². The second-order valence-electron chi connectivity index (χ2n) is 19.5. The number of carboxylic acid groups (broad SMARTS) is 1. The van der Waals surface area contributed by atoms with Crippen molar-refractivity contribution >= 4 is 104 Å². The summed E-state index contributed by atoms with van der Waals surface area (Å²) in [6.07, 6.45) is 11.6. The Bertz CT molecular complexity index is 4830. The van der Waals surface area contributed by atoms with Crippen LogP contribution in [0.4, 0.5) is 4.39 Å². The second kappa shape index (κ2) is 29.9. The van der Waals surface area contributed by atoms with Crippen molar-refractivity contribution in [2.24, 2.45) is 0 Å². The van der Waals surface area contributed by atoms with E-state index in [-0.39, 0.29) is 38.9 Å². The van der Waals surface area contributed by atoms with Gasteiger partial charge in [0.2, 0.25) is 5.56 Å². The summed E-state index contributed by atoms with van der Waals surface area (Å²) in [5.74, 6) is -0.506. The maximum atomic E-state index is 13.0. The summed E-state index contributed by atoms with van der Waals surface area (Å²) in [7, 11) is -4.19. The number of hydrogen-bond donors (Lipinski definition) is 7. The van der Waals surface area contributed by atoms with Crippen molar-refractivity contribution in [1.82, 2.24) is 34.9 Å². The van der Waals surface area contributed by atoms with Crippen molar-refractivity contribution < 1.29 is 47.7 Å². The molecule has 0 aliphatic rings. The fourth-order valence-corrected chi connectivity index (χ4v) is 10.00. The van der Waals surface area contributed by atoms with Crippen LogP contribution in [0.25, 0.3) is 76.3 Å². The number of para-hydroxylation sites is 3. The number of benzene rings is 7. The lowest BCUT2D eigenvalue weighted by Gasteiger charge is -2.05. The van der Waals surface area contributed by atoms with Crippen LogP contribution in [0.15, 0.2) is 235 Å². The van der Waals surface area contributed by atoms with E-state index in [0.717, 1.165) is 62.0 Å². The summed E-state index contributed by atoms with van der Waals surface area (Å²) in [6, 6.07) is 54.0. The molecule has 14 aromatic rings. The Morgan fingerprint density at radius 1 is 0.506 bits per heavy atom. The first-order valence-corrected chi connectivity index (χ1v) is 29.2. The van der Waals surface area contributed by atoms with Gasteiger partial charge < -0.3 is 30.5 Å². The van der Waals surface area contributed by atoms with E-state index in [9.17, 15) is 42.8 Å². The minimum atomic E-state index is -4.19. The molecule has 0 saturated heterocycles. The molecule has 0 fully saturated rings. The van der Waals surface area contributed by atoms with Crippen LogP contribution in [0.2, 0.25) is 5.02 Å². The van der Waals surface area contributed by atoms with Gasteiger partial charge in [0.1, 0.15) is 55.8 Å². The lowest BCUT2D eigenvalue weighted by molar-refractivity contribution is 0.0698. The molecule has 7 N–H and O–H groups in total. The van der Waals surface area contributed by atoms with Gasteiger partial charge in [0.05, 0.1) is 21.6 Å². The lowest BCUT2D eigenvalue weighted by atomic mass is 10.1. The number of aromatic hydroxyl groups is 4. The van der Waals surface area contributed by atoms with Crippen LogP contribution in [-0.4, -0.2) is 79.4 Å². The lowest BCUT2D eigenvalue weighted by Crippen LogP contribution is -2.01. The molecular formula is C69H57ClFN7O10S. The first kappa shape index (κ1) is 64.0. The quantitative estimate of drug-likeness (QED) is 0.0806. The van der Waals surface area contributed by atoms with Crippen molar-refractivity contribution in [1.29, 1.82) is 0 Å². The molecule has 14 rings (SSSR count). The predicted octanol–water partition coefficient (Wildman–Crippen LogP) is 15.1. The number of carboxylic acids is 1. The number of rotatable bonds is 4. The van der Waals surface area contributed by atoms with Crippen molar-refractivity contribution in [3.8, 4) is 23.0 Å². The number of hydrogen-bond acceptors (Lipinski definition) is 14. The van der Waals surface area contributed by atoms with Crippen LogP contribution in [0, 0.1) is 19.7 Å². The molecule has 0 aliphatic carbocycles. The fraction of sp³-hybridized carbons (Fsp3) is 0.0725. The SMILES string of the molecule is CCCc1ccc2cccnc2c1O.Cc1cc(C)c2cccnc2c1O.O=C(O)c1cccc2cccnc12.O=S(=O)(O)c1cccc2cccnc12.O=c1ccc2ccccc2[nH]1.Oc1ccc(Cl)c2cccnc12.Oc1ccc(F)c2cccnc12. The monoisotopic (exact) mass is 1230 g/mol. The van der Waals surface area contributed by atoms with Crippen molar-refractivity contribution in [2.45, 2.75) is 38.5 Å². The number of halogens is 2. The van der Waals surface area contributed by atoms with Gasteiger partial charge in [-0.1, -0.05) is 110 Å². The standard InChI is InChI=1S/C12H13NO.C11H11NO.C10H7NO2.C9H6ClNO.C9H6FNO.C9H7NO3S.C9H7NO/c1-2-4-10-7-6-9-5-3-8-13-11(9)12(10)14;1-7-6-8(2)11(13)10-9(7)4-3-5-12-10;12-10(13)8-5-1-3-7-4-2-6-11-9(7)8;2*10-7-3-4-8(12)9-6(7)2-1-5-11-9;11-14(12,13)8-5-1-3-7-4-2-6-10-9(7)8;11-9-6-5-7-3-1-2-4-8(7)10-9/h3,5-8,14H,2,4H2,1H3;3-6,13H,1-2H3;1-6H,(H,12,13);2*1-5,12H;1-6H,(H,11,12,13);1-6H,(H,10,11). The first-order chi connectivity index (χ1) is 42.8. The van der Waals surface area contributed by atoms with Gasteiger partial charge in [-0.25, -0.2) is 9.18 Å². The second-order valence-corrected chi connectivity index (χ2v) is 21.3. The van der Waals surface area contributed by atoms with Crippen LogP contribution < -0.4 is 5.56 Å². The maximum absolute atomic E-state index is 13.0. The highest BCUT2D eigenvalue weighted by Crippen LogP contribution is 2.31. The summed E-state index contributed by atoms with van der Waals surface area (Å²) in [5, 5.41) is 53.5. The molecule has 17 nitrogen and oxygen atoms in total. The highest BCUT2D eigenvalue weighted by Gasteiger charge is 2.14. The summed E-state index contributed by atoms with van der Waals surface area (Å²) in [6.45, 7) is 6.01. The zero-order chi connectivity index (χ0) is 63.6. The smallest absolute Gasteiger partial charge is 0.337 e. The van der Waals surface area contributed by atoms with E-state index in [0.29, 0.717) is 54.9 Å². The van der Waals surface area contributed by atoms with Crippen LogP contribution in [0.1, 0.15) is 40.4 Å². The van der Waals surface area contributed by atoms with E-state index in [4.69, 9.17) is 21.3 Å². The Balaban J connectivity index is 0.000000134. The number of aryl methyl sites for hydroxylation is 3. The van der Waals surface area contributed by atoms with Gasteiger partial charge in [0.25, 0.3) is 10.1 Å². The molecule has 0 bridgehead atoms. The van der Waals surface area contributed by atoms with Crippen LogP contribution in [0.3, 0.4) is 0 Å². The molecule has 0 aliphatic heterocycles. The van der Waals surface area contributed by atoms with Gasteiger partial charge in [0, 0.05) is 81.1 Å². The summed E-state index contributed by atoms with van der Waals surface area (Å²) >= 11 is 5.88. The first-order valence-electron chi connectivity index (χ1n) is 27.3. The number of nitrogens with one attached hydrogen (secondary N) is 1. The number of aromatic carboxylic acids is 1. The molecule has 448 valence electrons. The number of phenols is 4. The number of fused-ring (bicyclic) bond motifs is 7. The minimum Gasteiger partial charge on any atom is -0.506 e. The van der Waals surface area contributed by atoms with Gasteiger partial charge in [-0.15, -0.1) is 0 Å². The molecule has 20 heteroatoms. The van der Waals surface area contributed by atoms with Gasteiger partial charge >= 0.3 is 5.97 Å². The molecular weight excluding hydrogens is 1170 g/mol. The molecule has 0 atom stereocenters. The number of nitrogens with zero attached hydrogens (tertiary/aromatic N) is 6. The van der Waals surface area contributed by atoms with E-state index in [2.05, 4.69) is 41.8 Å². The molecule has 7 aromatic carbocycles. The van der Waals surface area contributed by atoms with E-state index >= 15 is 0 Å². The van der Waals surface area contributed by atoms with Crippen molar-refractivity contribution in [3.63, 3.8) is 0 Å². The van der Waals surface area contributed by atoms with Gasteiger partial charge in [-0.2, -0.15) is 8.42 Å². The van der Waals surface area contributed by atoms with E-state index < -0.39 is 16.1 Å². The summed E-state index contributed by atoms with van der Waals surface area (Å²) in [4.78, 5) is 48.3. The molecule has 0 unspecified atom stereocenters. The third kappa shape index (κ3) is 16.3. The number of aromatic nitrogens is 7. The largest absolute Gasteiger partial charge is 0.506 e. The Morgan fingerprint density at radius 3 is 1.62 bits per heavy atom.